The molecule has 78 valence electrons. The molecule has 15 heavy (non-hydrogen) atoms. The normalized spacial score (nSPS) is 5.13. The summed E-state index contributed by atoms with van der Waals surface area (Å²) in [5.41, 5.74) is 0. The van der Waals surface area contributed by atoms with Crippen molar-refractivity contribution in [3.63, 3.8) is 0 Å². The second-order valence-electron chi connectivity index (χ2n) is 1.45. The minimum absolute atomic E-state index is 0. The van der Waals surface area contributed by atoms with Gasteiger partial charge in [-0.2, -0.15) is 5.26 Å². The van der Waals surface area contributed by atoms with E-state index in [4.69, 9.17) is 35.0 Å². The summed E-state index contributed by atoms with van der Waals surface area (Å²) in [6.45, 7) is 2.17. The summed E-state index contributed by atoms with van der Waals surface area (Å²) < 4.78 is 0. The van der Waals surface area contributed by atoms with Crippen molar-refractivity contribution >= 4 is 98.8 Å². The zero-order chi connectivity index (χ0) is 11.4. The van der Waals surface area contributed by atoms with Gasteiger partial charge in [0.25, 0.3) is 11.9 Å². The molecule has 0 unspecified atom stereocenters. The van der Waals surface area contributed by atoms with Gasteiger partial charge in [0, 0.05) is 13.8 Å². The SMILES string of the molecule is CC(=O)O.CC(=O)O.N#CC(=O)O.[KH].[NaH]. The van der Waals surface area contributed by atoms with Gasteiger partial charge in [-0.1, -0.05) is 0 Å². The zero-order valence-corrected chi connectivity index (χ0v) is 7.01. The maximum atomic E-state index is 9.01. The number of hydrogen-bond donors (Lipinski definition) is 3. The van der Waals surface area contributed by atoms with E-state index in [0.717, 1.165) is 19.9 Å². The van der Waals surface area contributed by atoms with Crippen molar-refractivity contribution in [1.29, 1.82) is 5.26 Å². The monoisotopic (exact) mass is 255 g/mol. The van der Waals surface area contributed by atoms with Crippen LogP contribution in [0.4, 0.5) is 0 Å². The van der Waals surface area contributed by atoms with E-state index < -0.39 is 17.9 Å². The fourth-order valence-electron chi connectivity index (χ4n) is 0. The van der Waals surface area contributed by atoms with Crippen LogP contribution in [0, 0.1) is 11.3 Å². The van der Waals surface area contributed by atoms with Crippen LogP contribution in [0.25, 0.3) is 0 Å². The third-order valence-electron chi connectivity index (χ3n) is 0.0956. The number of rotatable bonds is 0. The molecule has 9 heteroatoms. The molecule has 0 aromatic heterocycles. The Morgan fingerprint density at radius 1 is 1.00 bits per heavy atom. The molecule has 0 aliphatic heterocycles. The summed E-state index contributed by atoms with van der Waals surface area (Å²) >= 11 is 0. The Labute approximate surface area is 151 Å². The van der Waals surface area contributed by atoms with Gasteiger partial charge in [-0.25, -0.2) is 4.79 Å². The van der Waals surface area contributed by atoms with Gasteiger partial charge in [-0.3, -0.25) is 9.59 Å². The molecule has 0 rings (SSSR count). The second-order valence-corrected chi connectivity index (χ2v) is 1.45. The van der Waals surface area contributed by atoms with E-state index in [1.807, 2.05) is 0 Å². The average molecular weight is 255 g/mol. The van der Waals surface area contributed by atoms with Gasteiger partial charge in [0.15, 0.2) is 6.07 Å². The van der Waals surface area contributed by atoms with Crippen LogP contribution >= 0.6 is 0 Å². The third kappa shape index (κ3) is 355. The molecular formula is C6H11KNNaO6. The van der Waals surface area contributed by atoms with Gasteiger partial charge in [-0.15, -0.1) is 0 Å². The number of carboxylic acid groups (broad SMARTS) is 3. The second kappa shape index (κ2) is 24.0. The van der Waals surface area contributed by atoms with Crippen molar-refractivity contribution in [2.45, 2.75) is 13.8 Å². The maximum absolute atomic E-state index is 9.01. The first kappa shape index (κ1) is 29.6. The van der Waals surface area contributed by atoms with E-state index >= 15 is 0 Å². The van der Waals surface area contributed by atoms with E-state index in [0.29, 0.717) is 0 Å². The van der Waals surface area contributed by atoms with Crippen LogP contribution in [0.5, 0.6) is 0 Å². The van der Waals surface area contributed by atoms with Crippen LogP contribution in [0.1, 0.15) is 13.8 Å². The van der Waals surface area contributed by atoms with Crippen molar-refractivity contribution in [3.05, 3.63) is 0 Å². The molecule has 0 aromatic rings. The fraction of sp³-hybridized carbons (Fsp3) is 0.333. The first-order chi connectivity index (χ1) is 5.73. The summed E-state index contributed by atoms with van der Waals surface area (Å²) in [5.74, 6) is -3.11. The molecule has 7 nitrogen and oxygen atoms in total. The van der Waals surface area contributed by atoms with Crippen molar-refractivity contribution in [1.82, 2.24) is 0 Å². The molecule has 0 fully saturated rings. The van der Waals surface area contributed by atoms with E-state index in [1.165, 1.54) is 0 Å². The fourth-order valence-corrected chi connectivity index (χ4v) is 0. The Morgan fingerprint density at radius 3 is 1.07 bits per heavy atom. The van der Waals surface area contributed by atoms with E-state index in [9.17, 15) is 0 Å². The minimum atomic E-state index is -1.44. The van der Waals surface area contributed by atoms with Crippen molar-refractivity contribution in [2.24, 2.45) is 0 Å². The molecular weight excluding hydrogens is 244 g/mol. The summed E-state index contributed by atoms with van der Waals surface area (Å²) in [6, 6.07) is 0.944. The van der Waals surface area contributed by atoms with Crippen LogP contribution in [0.3, 0.4) is 0 Å². The predicted molar refractivity (Wildman–Crippen MR) is 54.2 cm³/mol. The first-order valence-electron chi connectivity index (χ1n) is 2.76. The molecule has 0 amide bonds. The van der Waals surface area contributed by atoms with Gasteiger partial charge in [0.2, 0.25) is 0 Å². The molecule has 0 aliphatic rings. The molecule has 0 saturated carbocycles. The first-order valence-corrected chi connectivity index (χ1v) is 2.76. The summed E-state index contributed by atoms with van der Waals surface area (Å²) in [6.07, 6.45) is 0. The number of aliphatic carboxylic acids is 3. The third-order valence-corrected chi connectivity index (χ3v) is 0.0956. The topological polar surface area (TPSA) is 136 Å². The van der Waals surface area contributed by atoms with Crippen LogP contribution in [0.2, 0.25) is 0 Å². The zero-order valence-electron chi connectivity index (χ0n) is 7.01. The standard InChI is InChI=1S/C2HNO2.2C2H4O2.K.Na.2H/c3-1-2(4)5;2*1-2(3)4;;;;/h(H,4,5);2*1H3,(H,3,4);;;;. The molecule has 0 saturated heterocycles. The van der Waals surface area contributed by atoms with E-state index in [2.05, 4.69) is 0 Å². The number of nitrogens with zero attached hydrogens (tertiary/aromatic N) is 1. The van der Waals surface area contributed by atoms with Crippen LogP contribution < -0.4 is 0 Å². The average Bonchev–Trinajstić information content (AvgIpc) is 1.84. The quantitative estimate of drug-likeness (QED) is 0.271. The summed E-state index contributed by atoms with van der Waals surface area (Å²) in [7, 11) is 0. The molecule has 0 aromatic carbocycles. The Balaban J connectivity index is -0.0000000315. The molecule has 0 aliphatic carbocycles. The van der Waals surface area contributed by atoms with E-state index in [-0.39, 0.29) is 80.9 Å². The van der Waals surface area contributed by atoms with Crippen molar-refractivity contribution < 1.29 is 29.7 Å². The van der Waals surface area contributed by atoms with Gasteiger partial charge < -0.3 is 15.3 Å². The van der Waals surface area contributed by atoms with Gasteiger partial charge in [0.05, 0.1) is 0 Å². The van der Waals surface area contributed by atoms with Gasteiger partial charge in [0.1, 0.15) is 0 Å². The molecule has 3 N–H and O–H groups in total. The molecule has 0 radical (unpaired) electrons. The Bertz CT molecular complexity index is 206. The van der Waals surface area contributed by atoms with Crippen LogP contribution in [0.15, 0.2) is 0 Å². The number of nitriles is 1. The number of carbonyl (C=O) groups is 3. The van der Waals surface area contributed by atoms with Crippen LogP contribution in [-0.4, -0.2) is 114 Å². The summed E-state index contributed by atoms with van der Waals surface area (Å²) in [4.78, 5) is 27.0. The van der Waals surface area contributed by atoms with Crippen molar-refractivity contribution in [2.75, 3.05) is 0 Å². The molecule has 0 atom stereocenters. The number of carboxylic acids is 3. The molecule has 0 heterocycles. The van der Waals surface area contributed by atoms with Crippen LogP contribution in [-0.2, 0) is 14.4 Å². The van der Waals surface area contributed by atoms with Crippen molar-refractivity contribution in [3.8, 4) is 6.07 Å². The Kier molecular flexibility index (Phi) is 47.3. The predicted octanol–water partition coefficient (Wildman–Crippen LogP) is -1.52. The van der Waals surface area contributed by atoms with Gasteiger partial charge >= 0.3 is 86.9 Å². The molecule has 0 bridgehead atoms. The van der Waals surface area contributed by atoms with E-state index in [1.54, 1.807) is 0 Å². The Hall–Kier alpha value is 0.536. The summed E-state index contributed by atoms with van der Waals surface area (Å²) in [5, 5.41) is 29.5. The Morgan fingerprint density at radius 2 is 1.07 bits per heavy atom. The molecule has 0 spiro atoms. The number of hydrogen-bond acceptors (Lipinski definition) is 4. The van der Waals surface area contributed by atoms with Gasteiger partial charge in [-0.05, 0) is 0 Å².